The summed E-state index contributed by atoms with van der Waals surface area (Å²) in [6.07, 6.45) is 3.12. The van der Waals surface area contributed by atoms with Crippen LogP contribution in [0.5, 0.6) is 11.5 Å². The molecule has 1 amide bonds. The first kappa shape index (κ1) is 19.3. The standard InChI is InChI=1S/C20H17BrN2O3/c1-3-9-26-19-12-17(21)14(11-18(19)25-2)10-15(13-22)20(24)23-16-7-5-4-6-8-16/h3-8,10-12H,1,9H2,2H3,(H,23,24)/b15-10-. The second-order valence-electron chi connectivity index (χ2n) is 5.11. The Morgan fingerprint density at radius 2 is 2.04 bits per heavy atom. The molecule has 6 heteroatoms. The van der Waals surface area contributed by atoms with Crippen LogP contribution < -0.4 is 14.8 Å². The van der Waals surface area contributed by atoms with Crippen molar-refractivity contribution in [2.24, 2.45) is 0 Å². The van der Waals surface area contributed by atoms with Gasteiger partial charge in [-0.25, -0.2) is 0 Å². The summed E-state index contributed by atoms with van der Waals surface area (Å²) in [5.41, 5.74) is 1.20. The molecule has 0 heterocycles. The molecule has 2 aromatic rings. The number of amides is 1. The number of nitriles is 1. The summed E-state index contributed by atoms with van der Waals surface area (Å²) in [4.78, 5) is 12.3. The molecule has 0 radical (unpaired) electrons. The third-order valence-corrected chi connectivity index (χ3v) is 4.02. The third kappa shape index (κ3) is 4.98. The minimum Gasteiger partial charge on any atom is -0.493 e. The van der Waals surface area contributed by atoms with Crippen molar-refractivity contribution in [3.05, 3.63) is 70.7 Å². The predicted molar refractivity (Wildman–Crippen MR) is 105 cm³/mol. The molecule has 0 spiro atoms. The lowest BCUT2D eigenvalue weighted by Gasteiger charge is -2.12. The molecule has 132 valence electrons. The average molecular weight is 413 g/mol. The van der Waals surface area contributed by atoms with Crippen molar-refractivity contribution in [3.63, 3.8) is 0 Å². The second kappa shape index (κ2) is 9.44. The van der Waals surface area contributed by atoms with E-state index < -0.39 is 5.91 Å². The number of halogens is 1. The molecular weight excluding hydrogens is 396 g/mol. The highest BCUT2D eigenvalue weighted by Crippen LogP contribution is 2.34. The Balaban J connectivity index is 2.31. The Hall–Kier alpha value is -3.04. The van der Waals surface area contributed by atoms with Crippen LogP contribution in [0.15, 0.2) is 65.2 Å². The van der Waals surface area contributed by atoms with Gasteiger partial charge in [0.05, 0.1) is 7.11 Å². The minimum atomic E-state index is -0.489. The van der Waals surface area contributed by atoms with E-state index in [4.69, 9.17) is 9.47 Å². The smallest absolute Gasteiger partial charge is 0.266 e. The number of hydrogen-bond donors (Lipinski definition) is 1. The maximum absolute atomic E-state index is 12.3. The van der Waals surface area contributed by atoms with E-state index in [1.807, 2.05) is 12.1 Å². The molecule has 0 saturated heterocycles. The van der Waals surface area contributed by atoms with E-state index in [1.165, 1.54) is 13.2 Å². The first-order valence-corrected chi connectivity index (χ1v) is 8.47. The first-order valence-electron chi connectivity index (χ1n) is 7.68. The van der Waals surface area contributed by atoms with Crippen LogP contribution in [-0.2, 0) is 4.79 Å². The Morgan fingerprint density at radius 3 is 2.65 bits per heavy atom. The van der Waals surface area contributed by atoms with Gasteiger partial charge in [0.2, 0.25) is 0 Å². The summed E-state index contributed by atoms with van der Waals surface area (Å²) in [5.74, 6) is 0.530. The summed E-state index contributed by atoms with van der Waals surface area (Å²) >= 11 is 3.43. The molecule has 2 aromatic carbocycles. The summed E-state index contributed by atoms with van der Waals surface area (Å²) < 4.78 is 11.5. The summed E-state index contributed by atoms with van der Waals surface area (Å²) in [7, 11) is 1.52. The zero-order chi connectivity index (χ0) is 18.9. The zero-order valence-corrected chi connectivity index (χ0v) is 15.7. The maximum atomic E-state index is 12.3. The Labute approximate surface area is 160 Å². The molecule has 2 rings (SSSR count). The molecule has 0 aliphatic rings. The van der Waals surface area contributed by atoms with Gasteiger partial charge in [-0.05, 0) is 35.9 Å². The zero-order valence-electron chi connectivity index (χ0n) is 14.2. The van der Waals surface area contributed by atoms with E-state index in [-0.39, 0.29) is 5.57 Å². The van der Waals surface area contributed by atoms with Gasteiger partial charge in [0, 0.05) is 10.2 Å². The van der Waals surface area contributed by atoms with Crippen LogP contribution in [0.25, 0.3) is 6.08 Å². The van der Waals surface area contributed by atoms with Crippen LogP contribution in [-0.4, -0.2) is 19.6 Å². The highest BCUT2D eigenvalue weighted by molar-refractivity contribution is 9.10. The Bertz CT molecular complexity index is 871. The molecule has 0 saturated carbocycles. The Morgan fingerprint density at radius 1 is 1.31 bits per heavy atom. The van der Waals surface area contributed by atoms with Crippen LogP contribution in [0.3, 0.4) is 0 Å². The summed E-state index contributed by atoms with van der Waals surface area (Å²) in [6.45, 7) is 3.94. The summed E-state index contributed by atoms with van der Waals surface area (Å²) in [5, 5.41) is 12.1. The van der Waals surface area contributed by atoms with Gasteiger partial charge in [-0.2, -0.15) is 5.26 Å². The number of rotatable bonds is 7. The monoisotopic (exact) mass is 412 g/mol. The predicted octanol–water partition coefficient (Wildman–Crippen LogP) is 4.57. The van der Waals surface area contributed by atoms with Crippen LogP contribution in [0.4, 0.5) is 5.69 Å². The topological polar surface area (TPSA) is 71.3 Å². The van der Waals surface area contributed by atoms with E-state index in [9.17, 15) is 10.1 Å². The first-order chi connectivity index (χ1) is 12.6. The number of anilines is 1. The highest BCUT2D eigenvalue weighted by Gasteiger charge is 2.13. The van der Waals surface area contributed by atoms with Crippen molar-refractivity contribution < 1.29 is 14.3 Å². The SMILES string of the molecule is C=CCOc1cc(Br)c(/C=C(/C#N)C(=O)Nc2ccccc2)cc1OC. The second-order valence-corrected chi connectivity index (χ2v) is 5.97. The largest absolute Gasteiger partial charge is 0.493 e. The molecule has 0 unspecified atom stereocenters. The van der Waals surface area contributed by atoms with Gasteiger partial charge >= 0.3 is 0 Å². The van der Waals surface area contributed by atoms with Crippen LogP contribution in [0, 0.1) is 11.3 Å². The van der Waals surface area contributed by atoms with E-state index in [0.29, 0.717) is 33.8 Å². The highest BCUT2D eigenvalue weighted by atomic mass is 79.9. The molecule has 0 atom stereocenters. The van der Waals surface area contributed by atoms with Crippen LogP contribution in [0.1, 0.15) is 5.56 Å². The molecule has 0 aromatic heterocycles. The normalized spacial score (nSPS) is 10.6. The maximum Gasteiger partial charge on any atom is 0.266 e. The number of nitrogens with one attached hydrogen (secondary N) is 1. The molecule has 1 N–H and O–H groups in total. The van der Waals surface area contributed by atoms with Gasteiger partial charge < -0.3 is 14.8 Å². The lowest BCUT2D eigenvalue weighted by molar-refractivity contribution is -0.112. The van der Waals surface area contributed by atoms with Crippen LogP contribution in [0.2, 0.25) is 0 Å². The fourth-order valence-corrected chi connectivity index (χ4v) is 2.54. The molecule has 0 fully saturated rings. The number of nitrogens with zero attached hydrogens (tertiary/aromatic N) is 1. The Kier molecular flexibility index (Phi) is 7.01. The van der Waals surface area contributed by atoms with Crippen molar-refractivity contribution >= 4 is 33.6 Å². The van der Waals surface area contributed by atoms with Crippen molar-refractivity contribution in [2.75, 3.05) is 19.0 Å². The number of carbonyl (C=O) groups excluding carboxylic acids is 1. The van der Waals surface area contributed by atoms with Crippen molar-refractivity contribution in [1.29, 1.82) is 5.26 Å². The molecular formula is C20H17BrN2O3. The molecule has 0 aliphatic carbocycles. The fourth-order valence-electron chi connectivity index (χ4n) is 2.11. The van der Waals surface area contributed by atoms with E-state index in [0.717, 1.165) is 0 Å². The van der Waals surface area contributed by atoms with Crippen LogP contribution >= 0.6 is 15.9 Å². The van der Waals surface area contributed by atoms with Crippen molar-refractivity contribution in [3.8, 4) is 17.6 Å². The van der Waals surface area contributed by atoms with Crippen molar-refractivity contribution in [1.82, 2.24) is 0 Å². The number of ether oxygens (including phenoxy) is 2. The van der Waals surface area contributed by atoms with Gasteiger partial charge in [-0.15, -0.1) is 0 Å². The molecule has 0 bridgehead atoms. The number of para-hydroxylation sites is 1. The van der Waals surface area contributed by atoms with Gasteiger partial charge in [-0.1, -0.05) is 46.8 Å². The average Bonchev–Trinajstić information content (AvgIpc) is 2.66. The lowest BCUT2D eigenvalue weighted by atomic mass is 10.1. The number of carbonyl (C=O) groups is 1. The minimum absolute atomic E-state index is 0.0311. The lowest BCUT2D eigenvalue weighted by Crippen LogP contribution is -2.13. The van der Waals surface area contributed by atoms with Gasteiger partial charge in [0.1, 0.15) is 18.2 Å². The summed E-state index contributed by atoms with van der Waals surface area (Å²) in [6, 6.07) is 14.3. The third-order valence-electron chi connectivity index (χ3n) is 3.34. The van der Waals surface area contributed by atoms with Gasteiger partial charge in [0.25, 0.3) is 5.91 Å². The number of hydrogen-bond acceptors (Lipinski definition) is 4. The van der Waals surface area contributed by atoms with Crippen molar-refractivity contribution in [2.45, 2.75) is 0 Å². The quantitative estimate of drug-likeness (QED) is 0.410. The van der Waals surface area contributed by atoms with E-state index >= 15 is 0 Å². The fraction of sp³-hybridized carbons (Fsp3) is 0.100. The number of benzene rings is 2. The molecule has 5 nitrogen and oxygen atoms in total. The molecule has 0 aliphatic heterocycles. The molecule has 26 heavy (non-hydrogen) atoms. The number of methoxy groups -OCH3 is 1. The van der Waals surface area contributed by atoms with E-state index in [1.54, 1.807) is 42.5 Å². The van der Waals surface area contributed by atoms with Gasteiger partial charge in [-0.3, -0.25) is 4.79 Å². The van der Waals surface area contributed by atoms with E-state index in [2.05, 4.69) is 27.8 Å². The van der Waals surface area contributed by atoms with Gasteiger partial charge in [0.15, 0.2) is 11.5 Å².